The third kappa shape index (κ3) is 11.2. The lowest BCUT2D eigenvalue weighted by atomic mass is 9.94. The number of allylic oxidation sites excluding steroid dienone is 1. The molecule has 3 aromatic rings. The number of benzene rings is 3. The van der Waals surface area contributed by atoms with Crippen molar-refractivity contribution >= 4 is 12.0 Å². The molecule has 0 aliphatic rings. The molecule has 3 nitrogen and oxygen atoms in total. The summed E-state index contributed by atoms with van der Waals surface area (Å²) in [6, 6.07) is 28.5. The van der Waals surface area contributed by atoms with Crippen molar-refractivity contribution in [3.05, 3.63) is 113 Å². The highest BCUT2D eigenvalue weighted by Gasteiger charge is 2.13. The minimum atomic E-state index is -0.231. The van der Waals surface area contributed by atoms with E-state index in [0.717, 1.165) is 11.1 Å². The average molecular weight is 482 g/mol. The van der Waals surface area contributed by atoms with E-state index in [1.807, 2.05) is 30.3 Å². The number of hydrogen-bond donors (Lipinski definition) is 0. The first-order valence-corrected chi connectivity index (χ1v) is 12.9. The molecule has 0 N–H and O–H groups in total. The van der Waals surface area contributed by atoms with Gasteiger partial charge < -0.3 is 4.74 Å². The minimum absolute atomic E-state index is 0.0194. The summed E-state index contributed by atoms with van der Waals surface area (Å²) in [5, 5.41) is 9.02. The van der Waals surface area contributed by atoms with E-state index in [1.165, 1.54) is 50.3 Å². The van der Waals surface area contributed by atoms with Crippen molar-refractivity contribution in [2.45, 2.75) is 58.8 Å². The molecular formula is C33H39NO2. The zero-order valence-electron chi connectivity index (χ0n) is 22.0. The highest BCUT2D eigenvalue weighted by atomic mass is 16.5. The molecule has 0 saturated carbocycles. The Morgan fingerprint density at radius 1 is 0.944 bits per heavy atom. The summed E-state index contributed by atoms with van der Waals surface area (Å²) in [5.41, 5.74) is 5.48. The Bertz CT molecular complexity index is 1110. The number of rotatable bonds is 11. The second-order valence-electron chi connectivity index (χ2n) is 9.07. The summed E-state index contributed by atoms with van der Waals surface area (Å²) in [4.78, 5) is 11.7. The number of ether oxygens (including phenoxy) is 1. The normalized spacial score (nSPS) is 11.3. The number of nitrogens with zero attached hydrogens (tertiary/aromatic N) is 1. The van der Waals surface area contributed by atoms with Crippen LogP contribution in [0.1, 0.15) is 66.8 Å². The summed E-state index contributed by atoms with van der Waals surface area (Å²) in [6.07, 6.45) is 11.8. The van der Waals surface area contributed by atoms with Crippen LogP contribution < -0.4 is 0 Å². The van der Waals surface area contributed by atoms with Crippen molar-refractivity contribution in [3.8, 4) is 6.07 Å². The van der Waals surface area contributed by atoms with Gasteiger partial charge in [0, 0.05) is 0 Å². The molecule has 0 heterocycles. The Hall–Kier alpha value is -3.64. The molecule has 0 bridgehead atoms. The monoisotopic (exact) mass is 481 g/mol. The van der Waals surface area contributed by atoms with Crippen LogP contribution in [-0.2, 0) is 22.4 Å². The standard InChI is InChI=1S/C21H21NO2.C12H18/c1-16-6-3-4-9-20(16)11-10-18(14-21(23)24-2)12-17-7-5-8-19(13-17)15-22;1-2-3-4-6-9-12-10-7-5-8-11-12/h3-11,13,18H,12,14H2,1-2H3;5,7-8,10-11H,2-4,6,9H2,1H3/b11-10+;. The molecule has 0 aliphatic carbocycles. The first-order valence-electron chi connectivity index (χ1n) is 12.9. The summed E-state index contributed by atoms with van der Waals surface area (Å²) in [5.74, 6) is -0.211. The molecule has 1 unspecified atom stereocenters. The van der Waals surface area contributed by atoms with Crippen LogP contribution in [0, 0.1) is 24.2 Å². The van der Waals surface area contributed by atoms with Crippen molar-refractivity contribution < 1.29 is 9.53 Å². The van der Waals surface area contributed by atoms with Gasteiger partial charge in [0.15, 0.2) is 0 Å². The first-order chi connectivity index (χ1) is 17.5. The fourth-order valence-electron chi connectivity index (χ4n) is 3.99. The molecule has 188 valence electrons. The molecular weight excluding hydrogens is 442 g/mol. The quantitative estimate of drug-likeness (QED) is 0.205. The maximum absolute atomic E-state index is 11.7. The van der Waals surface area contributed by atoms with Gasteiger partial charge in [0.1, 0.15) is 0 Å². The van der Waals surface area contributed by atoms with Gasteiger partial charge in [0.25, 0.3) is 0 Å². The van der Waals surface area contributed by atoms with Crippen LogP contribution in [0.15, 0.2) is 84.9 Å². The molecule has 1 atom stereocenters. The van der Waals surface area contributed by atoms with Gasteiger partial charge in [-0.15, -0.1) is 0 Å². The molecule has 0 aliphatic heterocycles. The SMILES string of the molecule is CCCCCCc1ccccc1.COC(=O)CC(/C=C/c1ccccc1C)Cc1cccc(C#N)c1. The number of esters is 1. The Kier molecular flexibility index (Phi) is 13.4. The van der Waals surface area contributed by atoms with Crippen LogP contribution in [0.3, 0.4) is 0 Å². The van der Waals surface area contributed by atoms with Crippen molar-refractivity contribution in [2.75, 3.05) is 7.11 Å². The average Bonchev–Trinajstić information content (AvgIpc) is 2.91. The van der Waals surface area contributed by atoms with E-state index in [2.05, 4.69) is 74.5 Å². The fourth-order valence-corrected chi connectivity index (χ4v) is 3.99. The van der Waals surface area contributed by atoms with Crippen LogP contribution in [-0.4, -0.2) is 13.1 Å². The van der Waals surface area contributed by atoms with E-state index in [0.29, 0.717) is 18.4 Å². The van der Waals surface area contributed by atoms with Crippen LogP contribution in [0.2, 0.25) is 0 Å². The topological polar surface area (TPSA) is 50.1 Å². The molecule has 0 aromatic heterocycles. The Morgan fingerprint density at radius 2 is 1.67 bits per heavy atom. The Morgan fingerprint density at radius 3 is 2.36 bits per heavy atom. The van der Waals surface area contributed by atoms with Crippen molar-refractivity contribution in [1.29, 1.82) is 5.26 Å². The number of nitriles is 1. The second-order valence-corrected chi connectivity index (χ2v) is 9.07. The molecule has 0 fully saturated rings. The van der Waals surface area contributed by atoms with E-state index >= 15 is 0 Å². The van der Waals surface area contributed by atoms with Crippen molar-refractivity contribution in [1.82, 2.24) is 0 Å². The molecule has 3 aromatic carbocycles. The largest absolute Gasteiger partial charge is 0.469 e. The summed E-state index contributed by atoms with van der Waals surface area (Å²) in [6.45, 7) is 4.31. The third-order valence-corrected chi connectivity index (χ3v) is 6.11. The minimum Gasteiger partial charge on any atom is -0.469 e. The third-order valence-electron chi connectivity index (χ3n) is 6.11. The van der Waals surface area contributed by atoms with Gasteiger partial charge in [-0.2, -0.15) is 5.26 Å². The first kappa shape index (κ1) is 28.6. The number of methoxy groups -OCH3 is 1. The van der Waals surface area contributed by atoms with Gasteiger partial charge in [0.2, 0.25) is 0 Å². The second kappa shape index (κ2) is 16.9. The summed E-state index contributed by atoms with van der Waals surface area (Å²) < 4.78 is 4.81. The summed E-state index contributed by atoms with van der Waals surface area (Å²) in [7, 11) is 1.40. The van der Waals surface area contributed by atoms with E-state index in [9.17, 15) is 4.79 Å². The lowest BCUT2D eigenvalue weighted by Gasteiger charge is -2.12. The highest BCUT2D eigenvalue weighted by molar-refractivity contribution is 5.70. The van der Waals surface area contributed by atoms with E-state index in [1.54, 1.807) is 6.07 Å². The lowest BCUT2D eigenvalue weighted by Crippen LogP contribution is -2.10. The smallest absolute Gasteiger partial charge is 0.306 e. The van der Waals surface area contributed by atoms with Crippen molar-refractivity contribution in [3.63, 3.8) is 0 Å². The number of hydrogen-bond acceptors (Lipinski definition) is 3. The molecule has 0 spiro atoms. The molecule has 36 heavy (non-hydrogen) atoms. The molecule has 0 amide bonds. The molecule has 3 rings (SSSR count). The zero-order valence-corrected chi connectivity index (χ0v) is 22.0. The Labute approximate surface area is 217 Å². The predicted octanol–water partition coefficient (Wildman–Crippen LogP) is 8.11. The van der Waals surface area contributed by atoms with Gasteiger partial charge in [-0.05, 0) is 66.5 Å². The van der Waals surface area contributed by atoms with Crippen LogP contribution >= 0.6 is 0 Å². The predicted molar refractivity (Wildman–Crippen MR) is 149 cm³/mol. The maximum atomic E-state index is 11.7. The zero-order chi connectivity index (χ0) is 26.0. The number of unbranched alkanes of at least 4 members (excludes halogenated alkanes) is 3. The Balaban J connectivity index is 0.000000319. The maximum Gasteiger partial charge on any atom is 0.306 e. The van der Waals surface area contributed by atoms with Gasteiger partial charge in [-0.3, -0.25) is 4.79 Å². The van der Waals surface area contributed by atoms with E-state index < -0.39 is 0 Å². The molecule has 0 saturated heterocycles. The van der Waals surface area contributed by atoms with Gasteiger partial charge >= 0.3 is 5.97 Å². The van der Waals surface area contributed by atoms with Crippen LogP contribution in [0.4, 0.5) is 0 Å². The number of carbonyl (C=O) groups excluding carboxylic acids is 1. The van der Waals surface area contributed by atoms with E-state index in [-0.39, 0.29) is 11.9 Å². The summed E-state index contributed by atoms with van der Waals surface area (Å²) >= 11 is 0. The lowest BCUT2D eigenvalue weighted by molar-refractivity contribution is -0.141. The van der Waals surface area contributed by atoms with E-state index in [4.69, 9.17) is 10.00 Å². The van der Waals surface area contributed by atoms with Gasteiger partial charge in [-0.1, -0.05) is 105 Å². The molecule has 3 heteroatoms. The highest BCUT2D eigenvalue weighted by Crippen LogP contribution is 2.19. The molecule has 0 radical (unpaired) electrons. The van der Waals surface area contributed by atoms with Crippen LogP contribution in [0.25, 0.3) is 6.08 Å². The van der Waals surface area contributed by atoms with Crippen molar-refractivity contribution in [2.24, 2.45) is 5.92 Å². The number of aryl methyl sites for hydroxylation is 2. The van der Waals surface area contributed by atoms with Gasteiger partial charge in [-0.25, -0.2) is 0 Å². The fraction of sp³-hybridized carbons (Fsp3) is 0.333. The van der Waals surface area contributed by atoms with Crippen LogP contribution in [0.5, 0.6) is 0 Å². The van der Waals surface area contributed by atoms with Gasteiger partial charge in [0.05, 0.1) is 25.2 Å². The number of carbonyl (C=O) groups is 1.